The van der Waals surface area contributed by atoms with Crippen LogP contribution in [0.3, 0.4) is 0 Å². The molecule has 8 heteroatoms. The van der Waals surface area contributed by atoms with Gasteiger partial charge in [0, 0.05) is 18.7 Å². The molecule has 0 aliphatic carbocycles. The molecule has 2 rings (SSSR count). The van der Waals surface area contributed by atoms with Gasteiger partial charge in [-0.1, -0.05) is 0 Å². The molecule has 1 aliphatic rings. The van der Waals surface area contributed by atoms with E-state index in [4.69, 9.17) is 5.11 Å². The summed E-state index contributed by atoms with van der Waals surface area (Å²) in [5, 5.41) is 8.74. The second-order valence-corrected chi connectivity index (χ2v) is 6.54. The summed E-state index contributed by atoms with van der Waals surface area (Å²) in [5.41, 5.74) is 0.641. The number of aliphatic carboxylic acids is 1. The fourth-order valence-electron chi connectivity index (χ4n) is 2.08. The summed E-state index contributed by atoms with van der Waals surface area (Å²) in [7, 11) is -3.89. The molecule has 0 radical (unpaired) electrons. The van der Waals surface area contributed by atoms with Crippen molar-refractivity contribution in [2.24, 2.45) is 0 Å². The van der Waals surface area contributed by atoms with E-state index in [1.54, 1.807) is 17.0 Å². The van der Waals surface area contributed by atoms with Crippen LogP contribution in [0.2, 0.25) is 0 Å². The van der Waals surface area contributed by atoms with Crippen molar-refractivity contribution >= 4 is 27.6 Å². The zero-order valence-corrected chi connectivity index (χ0v) is 12.3. The number of benzene rings is 1. The summed E-state index contributed by atoms with van der Waals surface area (Å²) in [6, 6.07) is 4.59. The molecule has 1 aromatic rings. The van der Waals surface area contributed by atoms with Gasteiger partial charge in [-0.3, -0.25) is 9.59 Å². The average Bonchev–Trinajstić information content (AvgIpc) is 2.84. The van der Waals surface area contributed by atoms with E-state index in [0.717, 1.165) is 6.42 Å². The molecule has 0 saturated carbocycles. The van der Waals surface area contributed by atoms with Crippen LogP contribution in [0.5, 0.6) is 0 Å². The first-order valence-corrected chi connectivity index (χ1v) is 7.95. The maximum absolute atomic E-state index is 12.0. The van der Waals surface area contributed by atoms with Gasteiger partial charge in [0.15, 0.2) is 0 Å². The maximum atomic E-state index is 12.0. The van der Waals surface area contributed by atoms with Crippen molar-refractivity contribution in [3.8, 4) is 0 Å². The molecule has 0 bridgehead atoms. The minimum Gasteiger partial charge on any atom is -0.480 e. The lowest BCUT2D eigenvalue weighted by atomic mass is 10.3. The van der Waals surface area contributed by atoms with Crippen LogP contribution < -0.4 is 9.62 Å². The van der Waals surface area contributed by atoms with Crippen LogP contribution in [-0.2, 0) is 19.6 Å². The molecule has 1 heterocycles. The monoisotopic (exact) mass is 312 g/mol. The number of amides is 1. The van der Waals surface area contributed by atoms with Crippen LogP contribution in [0, 0.1) is 0 Å². The molecule has 21 heavy (non-hydrogen) atoms. The van der Waals surface area contributed by atoms with E-state index in [1.807, 2.05) is 0 Å². The topological polar surface area (TPSA) is 104 Å². The van der Waals surface area contributed by atoms with Crippen molar-refractivity contribution < 1.29 is 23.1 Å². The Bertz CT molecular complexity index is 654. The summed E-state index contributed by atoms with van der Waals surface area (Å²) in [6.45, 7) is 1.87. The summed E-state index contributed by atoms with van der Waals surface area (Å²) < 4.78 is 26.0. The SMILES string of the molecule is C[C@@H](NS(=O)(=O)c1ccc(N2CCCC2=O)cc1)C(=O)O. The zero-order valence-electron chi connectivity index (χ0n) is 11.4. The Hall–Kier alpha value is -1.93. The number of carbonyl (C=O) groups excluding carboxylic acids is 1. The largest absolute Gasteiger partial charge is 0.480 e. The Balaban J connectivity index is 2.18. The third-order valence-corrected chi connectivity index (χ3v) is 4.79. The molecule has 0 spiro atoms. The highest BCUT2D eigenvalue weighted by molar-refractivity contribution is 7.89. The molecule has 0 unspecified atom stereocenters. The third kappa shape index (κ3) is 3.40. The van der Waals surface area contributed by atoms with Crippen molar-refractivity contribution in [2.45, 2.75) is 30.7 Å². The first-order chi connectivity index (χ1) is 9.81. The van der Waals surface area contributed by atoms with E-state index in [9.17, 15) is 18.0 Å². The third-order valence-electron chi connectivity index (χ3n) is 3.23. The molecule has 114 valence electrons. The highest BCUT2D eigenvalue weighted by atomic mass is 32.2. The highest BCUT2D eigenvalue weighted by Crippen LogP contribution is 2.22. The van der Waals surface area contributed by atoms with Gasteiger partial charge in [-0.2, -0.15) is 4.72 Å². The maximum Gasteiger partial charge on any atom is 0.321 e. The molecule has 2 N–H and O–H groups in total. The number of rotatable bonds is 5. The zero-order chi connectivity index (χ0) is 15.6. The first-order valence-electron chi connectivity index (χ1n) is 6.47. The second kappa shape index (κ2) is 5.82. The number of carbonyl (C=O) groups is 2. The Morgan fingerprint density at radius 3 is 2.43 bits per heavy atom. The van der Waals surface area contributed by atoms with E-state index in [2.05, 4.69) is 4.72 Å². The van der Waals surface area contributed by atoms with Gasteiger partial charge in [-0.05, 0) is 37.6 Å². The molecule has 1 amide bonds. The number of anilines is 1. The quantitative estimate of drug-likeness (QED) is 0.827. The summed E-state index contributed by atoms with van der Waals surface area (Å²) in [4.78, 5) is 23.9. The molecule has 1 fully saturated rings. The van der Waals surface area contributed by atoms with Crippen molar-refractivity contribution in [2.75, 3.05) is 11.4 Å². The van der Waals surface area contributed by atoms with E-state index in [-0.39, 0.29) is 10.8 Å². The normalized spacial score (nSPS) is 17.0. The van der Waals surface area contributed by atoms with Crippen LogP contribution in [0.15, 0.2) is 29.2 Å². The summed E-state index contributed by atoms with van der Waals surface area (Å²) in [6.07, 6.45) is 1.29. The Morgan fingerprint density at radius 2 is 1.95 bits per heavy atom. The molecule has 1 atom stereocenters. The van der Waals surface area contributed by atoms with Crippen molar-refractivity contribution in [1.29, 1.82) is 0 Å². The number of sulfonamides is 1. The van der Waals surface area contributed by atoms with Crippen LogP contribution in [0.25, 0.3) is 0 Å². The van der Waals surface area contributed by atoms with Gasteiger partial charge in [-0.15, -0.1) is 0 Å². The lowest BCUT2D eigenvalue weighted by Gasteiger charge is -2.16. The van der Waals surface area contributed by atoms with Gasteiger partial charge >= 0.3 is 5.97 Å². The number of hydrogen-bond donors (Lipinski definition) is 2. The number of carboxylic acid groups (broad SMARTS) is 1. The Morgan fingerprint density at radius 1 is 1.33 bits per heavy atom. The number of carboxylic acids is 1. The average molecular weight is 312 g/mol. The lowest BCUT2D eigenvalue weighted by Crippen LogP contribution is -2.38. The molecule has 7 nitrogen and oxygen atoms in total. The van der Waals surface area contributed by atoms with E-state index >= 15 is 0 Å². The number of nitrogens with zero attached hydrogens (tertiary/aromatic N) is 1. The van der Waals surface area contributed by atoms with E-state index in [0.29, 0.717) is 18.7 Å². The smallest absolute Gasteiger partial charge is 0.321 e. The molecule has 1 saturated heterocycles. The minimum absolute atomic E-state index is 0.0169. The first kappa shape index (κ1) is 15.5. The fourth-order valence-corrected chi connectivity index (χ4v) is 3.27. The van der Waals surface area contributed by atoms with Gasteiger partial charge in [-0.25, -0.2) is 8.42 Å². The van der Waals surface area contributed by atoms with Crippen molar-refractivity contribution in [3.63, 3.8) is 0 Å². The van der Waals surface area contributed by atoms with Gasteiger partial charge in [0.25, 0.3) is 0 Å². The molecular weight excluding hydrogens is 296 g/mol. The number of nitrogens with one attached hydrogen (secondary N) is 1. The Kier molecular flexibility index (Phi) is 4.29. The van der Waals surface area contributed by atoms with Gasteiger partial charge in [0.1, 0.15) is 6.04 Å². The van der Waals surface area contributed by atoms with Gasteiger partial charge < -0.3 is 10.0 Å². The van der Waals surface area contributed by atoms with Crippen LogP contribution in [0.4, 0.5) is 5.69 Å². The van der Waals surface area contributed by atoms with Crippen LogP contribution in [0.1, 0.15) is 19.8 Å². The van der Waals surface area contributed by atoms with Crippen LogP contribution >= 0.6 is 0 Å². The molecule has 1 aliphatic heterocycles. The highest BCUT2D eigenvalue weighted by Gasteiger charge is 2.24. The standard InChI is InChI=1S/C13H16N2O5S/c1-9(13(17)18)14-21(19,20)11-6-4-10(5-7-11)15-8-2-3-12(15)16/h4-7,9,14H,2-3,8H2,1H3,(H,17,18)/t9-/m1/s1. The molecule has 1 aromatic carbocycles. The minimum atomic E-state index is -3.89. The van der Waals surface area contributed by atoms with Gasteiger partial charge in [0.05, 0.1) is 4.90 Å². The second-order valence-electron chi connectivity index (χ2n) is 4.82. The van der Waals surface area contributed by atoms with Gasteiger partial charge in [0.2, 0.25) is 15.9 Å². The molecule has 0 aromatic heterocycles. The van der Waals surface area contributed by atoms with E-state index < -0.39 is 22.0 Å². The predicted octanol–water partition coefficient (Wildman–Crippen LogP) is 0.565. The molecular formula is C13H16N2O5S. The van der Waals surface area contributed by atoms with Crippen LogP contribution in [-0.4, -0.2) is 38.0 Å². The number of hydrogen-bond acceptors (Lipinski definition) is 4. The van der Waals surface area contributed by atoms with Crippen molar-refractivity contribution in [1.82, 2.24) is 4.72 Å². The van der Waals surface area contributed by atoms with Crippen molar-refractivity contribution in [3.05, 3.63) is 24.3 Å². The Labute approximate surface area is 122 Å². The lowest BCUT2D eigenvalue weighted by molar-refractivity contribution is -0.138. The van der Waals surface area contributed by atoms with E-state index in [1.165, 1.54) is 19.1 Å². The fraction of sp³-hybridized carbons (Fsp3) is 0.385. The summed E-state index contributed by atoms with van der Waals surface area (Å²) in [5.74, 6) is -1.24. The predicted molar refractivity (Wildman–Crippen MR) is 75.4 cm³/mol. The summed E-state index contributed by atoms with van der Waals surface area (Å²) >= 11 is 0.